The van der Waals surface area contributed by atoms with Crippen LogP contribution in [0.4, 0.5) is 16.2 Å². The molecule has 5 N–H and O–H groups in total. The largest absolute Gasteiger partial charge is 0.375 e. The van der Waals surface area contributed by atoms with Gasteiger partial charge in [-0.25, -0.2) is 4.79 Å². The van der Waals surface area contributed by atoms with Crippen LogP contribution in [0.1, 0.15) is 89.3 Å². The number of likely N-dealkylation sites (tertiary alicyclic amines) is 1. The number of nitrogens with zero attached hydrogens (tertiary/aromatic N) is 4. The van der Waals surface area contributed by atoms with Crippen molar-refractivity contribution in [3.8, 4) is 0 Å². The number of aromatic nitrogens is 2. The molecule has 12 heteroatoms. The lowest BCUT2D eigenvalue weighted by atomic mass is 9.99. The van der Waals surface area contributed by atoms with Gasteiger partial charge in [0.05, 0.1) is 23.9 Å². The molecule has 250 valence electrons. The molecule has 0 aliphatic carbocycles. The molecule has 0 saturated carbocycles. The summed E-state index contributed by atoms with van der Waals surface area (Å²) in [5.41, 5.74) is 11.9. The zero-order chi connectivity index (χ0) is 32.9. The summed E-state index contributed by atoms with van der Waals surface area (Å²) in [6, 6.07) is 14.5. The molecule has 1 unspecified atom stereocenters. The van der Waals surface area contributed by atoms with E-state index in [2.05, 4.69) is 20.9 Å². The summed E-state index contributed by atoms with van der Waals surface area (Å²) in [6.07, 6.45) is 5.19. The first kappa shape index (κ1) is 32.7. The van der Waals surface area contributed by atoms with E-state index in [-0.39, 0.29) is 30.1 Å². The Labute approximate surface area is 276 Å². The van der Waals surface area contributed by atoms with E-state index in [0.29, 0.717) is 55.8 Å². The number of nitrogens with one attached hydrogen (secondary N) is 3. The number of benzene rings is 2. The van der Waals surface area contributed by atoms with Gasteiger partial charge in [0.25, 0.3) is 5.91 Å². The number of hydrogen-bond donors (Lipinski definition) is 4. The van der Waals surface area contributed by atoms with Crippen LogP contribution in [0, 0.1) is 0 Å². The van der Waals surface area contributed by atoms with E-state index in [1.54, 1.807) is 12.1 Å². The van der Waals surface area contributed by atoms with Crippen LogP contribution in [-0.4, -0.2) is 77.8 Å². The Morgan fingerprint density at radius 2 is 1.70 bits per heavy atom. The van der Waals surface area contributed by atoms with Crippen LogP contribution in [0.5, 0.6) is 0 Å². The molecule has 1 atom stereocenters. The summed E-state index contributed by atoms with van der Waals surface area (Å²) in [5.74, 6) is -0.268. The molecule has 3 aliphatic heterocycles. The van der Waals surface area contributed by atoms with Crippen LogP contribution in [0.3, 0.4) is 0 Å². The zero-order valence-corrected chi connectivity index (χ0v) is 27.3. The Kier molecular flexibility index (Phi) is 10.2. The maximum Gasteiger partial charge on any atom is 0.321 e. The quantitative estimate of drug-likeness (QED) is 0.256. The van der Waals surface area contributed by atoms with Gasteiger partial charge in [0.15, 0.2) is 5.69 Å². The fourth-order valence-corrected chi connectivity index (χ4v) is 6.72. The second kappa shape index (κ2) is 14.7. The molecule has 2 saturated heterocycles. The highest BCUT2D eigenvalue weighted by molar-refractivity contribution is 5.94. The van der Waals surface area contributed by atoms with Gasteiger partial charge >= 0.3 is 6.03 Å². The number of carbonyl (C=O) groups excluding carboxylic acids is 3. The number of ether oxygens (including phenoxy) is 1. The predicted molar refractivity (Wildman–Crippen MR) is 181 cm³/mol. The standard InChI is InChI=1S/C35H46N8O4/c1-23(2)43-33-30(20-42(21-31(33)36)27-9-5-25(22-44)6-10-27)32(40-43)34(45)38-19-24-3-7-26(8-4-24)39-35(46)41-17-13-29(14-18-41)47-28-11-15-37-16-12-28/h3-10,22-23,28-29,31,37H,11-21,36H2,1-2H3,(H,38,45)(H,39,46). The van der Waals surface area contributed by atoms with Crippen molar-refractivity contribution in [3.05, 3.63) is 76.6 Å². The van der Waals surface area contributed by atoms with Gasteiger partial charge in [0, 0.05) is 61.3 Å². The topological polar surface area (TPSA) is 147 Å². The first-order valence-corrected chi connectivity index (χ1v) is 16.8. The lowest BCUT2D eigenvalue weighted by Crippen LogP contribution is -2.44. The second-order valence-electron chi connectivity index (χ2n) is 13.0. The van der Waals surface area contributed by atoms with Gasteiger partial charge in [-0.3, -0.25) is 14.3 Å². The highest BCUT2D eigenvalue weighted by Crippen LogP contribution is 2.33. The molecule has 3 amide bonds. The van der Waals surface area contributed by atoms with Crippen LogP contribution < -0.4 is 26.6 Å². The smallest absolute Gasteiger partial charge is 0.321 e. The molecule has 0 spiro atoms. The minimum atomic E-state index is -0.331. The van der Waals surface area contributed by atoms with Gasteiger partial charge in [0.1, 0.15) is 6.29 Å². The summed E-state index contributed by atoms with van der Waals surface area (Å²) >= 11 is 0. The maximum atomic E-state index is 13.5. The fraction of sp³-hybridized carbons (Fsp3) is 0.486. The number of amides is 3. The lowest BCUT2D eigenvalue weighted by molar-refractivity contribution is -0.0482. The molecule has 0 bridgehead atoms. The van der Waals surface area contributed by atoms with Crippen molar-refractivity contribution in [1.82, 2.24) is 25.3 Å². The van der Waals surface area contributed by atoms with Crippen molar-refractivity contribution in [1.29, 1.82) is 0 Å². The van der Waals surface area contributed by atoms with Crippen molar-refractivity contribution < 1.29 is 19.1 Å². The molecule has 3 aromatic rings. The number of rotatable bonds is 9. The van der Waals surface area contributed by atoms with Gasteiger partial charge in [-0.1, -0.05) is 12.1 Å². The Morgan fingerprint density at radius 1 is 1.02 bits per heavy atom. The van der Waals surface area contributed by atoms with Crippen molar-refractivity contribution in [3.63, 3.8) is 0 Å². The van der Waals surface area contributed by atoms with Crippen molar-refractivity contribution in [2.24, 2.45) is 5.73 Å². The van der Waals surface area contributed by atoms with E-state index in [0.717, 1.165) is 67.6 Å². The van der Waals surface area contributed by atoms with Crippen molar-refractivity contribution in [2.75, 3.05) is 42.9 Å². The monoisotopic (exact) mass is 642 g/mol. The number of aldehydes is 1. The average molecular weight is 643 g/mol. The van der Waals surface area contributed by atoms with Crippen LogP contribution in [0.2, 0.25) is 0 Å². The van der Waals surface area contributed by atoms with Gasteiger partial charge < -0.3 is 36.2 Å². The number of piperidine rings is 2. The highest BCUT2D eigenvalue weighted by Gasteiger charge is 2.33. The van der Waals surface area contributed by atoms with E-state index in [9.17, 15) is 14.4 Å². The van der Waals surface area contributed by atoms with Crippen LogP contribution in [0.15, 0.2) is 48.5 Å². The second-order valence-corrected chi connectivity index (χ2v) is 13.0. The zero-order valence-electron chi connectivity index (χ0n) is 27.3. The number of fused-ring (bicyclic) bond motifs is 1. The molecule has 2 aromatic carbocycles. The Hall–Kier alpha value is -4.26. The van der Waals surface area contributed by atoms with Gasteiger partial charge in [-0.2, -0.15) is 5.10 Å². The third-order valence-electron chi connectivity index (χ3n) is 9.32. The fourth-order valence-electron chi connectivity index (χ4n) is 6.72. The number of carbonyl (C=O) groups is 3. The van der Waals surface area contributed by atoms with Crippen LogP contribution >= 0.6 is 0 Å². The van der Waals surface area contributed by atoms with E-state index < -0.39 is 0 Å². The average Bonchev–Trinajstić information content (AvgIpc) is 3.49. The summed E-state index contributed by atoms with van der Waals surface area (Å²) in [6.45, 7) is 8.80. The highest BCUT2D eigenvalue weighted by atomic mass is 16.5. The number of urea groups is 1. The van der Waals surface area contributed by atoms with Gasteiger partial charge in [-0.05, 0) is 94.6 Å². The molecule has 47 heavy (non-hydrogen) atoms. The minimum Gasteiger partial charge on any atom is -0.375 e. The Morgan fingerprint density at radius 3 is 2.36 bits per heavy atom. The summed E-state index contributed by atoms with van der Waals surface area (Å²) < 4.78 is 8.15. The normalized spacial score (nSPS) is 19.0. The molecule has 0 radical (unpaired) electrons. The predicted octanol–water partition coefficient (Wildman–Crippen LogP) is 3.99. The molecule has 2 fully saturated rings. The number of nitrogens with two attached hydrogens (primary N) is 1. The van der Waals surface area contributed by atoms with Gasteiger partial charge in [0.2, 0.25) is 0 Å². The summed E-state index contributed by atoms with van der Waals surface area (Å²) in [5, 5.41) is 14.1. The lowest BCUT2D eigenvalue weighted by Gasteiger charge is -2.35. The molecular weight excluding hydrogens is 596 g/mol. The summed E-state index contributed by atoms with van der Waals surface area (Å²) in [4.78, 5) is 41.5. The Bertz CT molecular complexity index is 1540. The number of anilines is 2. The van der Waals surface area contributed by atoms with E-state index in [1.165, 1.54) is 0 Å². The number of hydrogen-bond acceptors (Lipinski definition) is 8. The summed E-state index contributed by atoms with van der Waals surface area (Å²) in [7, 11) is 0. The molecule has 4 heterocycles. The van der Waals surface area contributed by atoms with E-state index in [1.807, 2.05) is 59.8 Å². The van der Waals surface area contributed by atoms with E-state index >= 15 is 0 Å². The third-order valence-corrected chi connectivity index (χ3v) is 9.32. The SMILES string of the molecule is CC(C)n1nc(C(=O)NCc2ccc(NC(=O)N3CCC(OC4CCNCC4)CC3)cc2)c2c1C(N)CN(c1ccc(C=O)cc1)C2. The molecule has 6 rings (SSSR count). The maximum absolute atomic E-state index is 13.5. The van der Waals surface area contributed by atoms with Gasteiger partial charge in [-0.15, -0.1) is 0 Å². The van der Waals surface area contributed by atoms with Crippen molar-refractivity contribution >= 4 is 29.6 Å². The van der Waals surface area contributed by atoms with Crippen LogP contribution in [0.25, 0.3) is 0 Å². The molecule has 12 nitrogen and oxygen atoms in total. The Balaban J connectivity index is 1.03. The first-order chi connectivity index (χ1) is 22.8. The molecular formula is C35H46N8O4. The minimum absolute atomic E-state index is 0.0385. The van der Waals surface area contributed by atoms with Crippen molar-refractivity contribution in [2.45, 2.75) is 76.9 Å². The van der Waals surface area contributed by atoms with E-state index in [4.69, 9.17) is 15.6 Å². The molecule has 3 aliphatic rings. The molecule has 1 aromatic heterocycles. The van der Waals surface area contributed by atoms with Crippen LogP contribution in [-0.2, 0) is 17.8 Å². The first-order valence-electron chi connectivity index (χ1n) is 16.8. The third kappa shape index (κ3) is 7.66.